The van der Waals surface area contributed by atoms with Crippen molar-refractivity contribution in [2.45, 2.75) is 19.4 Å². The molecule has 0 saturated heterocycles. The van der Waals surface area contributed by atoms with Gasteiger partial charge in [0.1, 0.15) is 6.04 Å². The number of carboxylic acid groups (broad SMARTS) is 1. The van der Waals surface area contributed by atoms with E-state index in [4.69, 9.17) is 5.11 Å². The zero-order valence-corrected chi connectivity index (χ0v) is 13.2. The monoisotopic (exact) mass is 345 g/mol. The van der Waals surface area contributed by atoms with Gasteiger partial charge in [0.05, 0.1) is 0 Å². The van der Waals surface area contributed by atoms with E-state index in [1.54, 1.807) is 17.8 Å². The summed E-state index contributed by atoms with van der Waals surface area (Å²) in [6.45, 7) is 1.82. The molecule has 1 atom stereocenters. The van der Waals surface area contributed by atoms with E-state index in [0.717, 1.165) is 10.0 Å². The Balaban J connectivity index is 2.81. The third kappa shape index (κ3) is 4.87. The van der Waals surface area contributed by atoms with E-state index in [0.29, 0.717) is 17.7 Å². The van der Waals surface area contributed by atoms with Crippen LogP contribution in [0.5, 0.6) is 0 Å². The summed E-state index contributed by atoms with van der Waals surface area (Å²) in [4.78, 5) is 23.2. The Bertz CT molecular complexity index is 479. The molecule has 1 aromatic rings. The second-order valence-electron chi connectivity index (χ2n) is 4.11. The summed E-state index contributed by atoms with van der Waals surface area (Å²) in [6.07, 6.45) is 2.31. The number of aliphatic carboxylic acids is 1. The number of carbonyl (C=O) groups is 2. The summed E-state index contributed by atoms with van der Waals surface area (Å²) in [5.41, 5.74) is 1.31. The van der Waals surface area contributed by atoms with E-state index in [2.05, 4.69) is 21.2 Å². The van der Waals surface area contributed by atoms with Crippen LogP contribution in [0.25, 0.3) is 0 Å². The molecule has 0 radical (unpaired) electrons. The second kappa shape index (κ2) is 7.55. The number of carbonyl (C=O) groups excluding carboxylic acids is 1. The molecule has 19 heavy (non-hydrogen) atoms. The van der Waals surface area contributed by atoms with E-state index < -0.39 is 12.0 Å². The smallest absolute Gasteiger partial charge is 0.326 e. The summed E-state index contributed by atoms with van der Waals surface area (Å²) in [6, 6.07) is 4.50. The number of hydrogen-bond donors (Lipinski definition) is 2. The van der Waals surface area contributed by atoms with Gasteiger partial charge in [-0.1, -0.05) is 22.0 Å². The van der Waals surface area contributed by atoms with Crippen LogP contribution < -0.4 is 5.32 Å². The van der Waals surface area contributed by atoms with Gasteiger partial charge in [0.15, 0.2) is 0 Å². The van der Waals surface area contributed by atoms with Gasteiger partial charge in [-0.25, -0.2) is 4.79 Å². The average Bonchev–Trinajstić information content (AvgIpc) is 2.36. The van der Waals surface area contributed by atoms with Gasteiger partial charge < -0.3 is 10.4 Å². The minimum Gasteiger partial charge on any atom is -0.480 e. The summed E-state index contributed by atoms with van der Waals surface area (Å²) in [5, 5.41) is 11.6. The fourth-order valence-electron chi connectivity index (χ4n) is 1.57. The molecule has 0 heterocycles. The first-order valence-corrected chi connectivity index (χ1v) is 7.93. The Kier molecular flexibility index (Phi) is 6.37. The number of rotatable bonds is 6. The Morgan fingerprint density at radius 3 is 2.74 bits per heavy atom. The normalized spacial score (nSPS) is 11.9. The number of hydrogen-bond acceptors (Lipinski definition) is 3. The van der Waals surface area contributed by atoms with Gasteiger partial charge in [0.25, 0.3) is 5.91 Å². The summed E-state index contributed by atoms with van der Waals surface area (Å²) in [5.74, 6) is -0.670. The molecule has 0 spiro atoms. The topological polar surface area (TPSA) is 66.4 Å². The zero-order chi connectivity index (χ0) is 14.4. The van der Waals surface area contributed by atoms with Crippen LogP contribution in [-0.2, 0) is 4.79 Å². The Hall–Kier alpha value is -1.01. The molecular formula is C13H16BrNO3S. The molecule has 104 valence electrons. The van der Waals surface area contributed by atoms with Crippen molar-refractivity contribution in [3.05, 3.63) is 33.8 Å². The van der Waals surface area contributed by atoms with Crippen LogP contribution in [0, 0.1) is 6.92 Å². The fourth-order valence-corrected chi connectivity index (χ4v) is 2.40. The number of thioether (sulfide) groups is 1. The van der Waals surface area contributed by atoms with Crippen molar-refractivity contribution in [1.82, 2.24) is 5.32 Å². The molecule has 0 aromatic heterocycles. The van der Waals surface area contributed by atoms with Crippen LogP contribution in [0.1, 0.15) is 22.3 Å². The van der Waals surface area contributed by atoms with Gasteiger partial charge in [-0.3, -0.25) is 4.79 Å². The number of carboxylic acids is 1. The highest BCUT2D eigenvalue weighted by Crippen LogP contribution is 2.16. The Morgan fingerprint density at radius 2 is 2.16 bits per heavy atom. The highest BCUT2D eigenvalue weighted by Gasteiger charge is 2.21. The molecule has 4 nitrogen and oxygen atoms in total. The Morgan fingerprint density at radius 1 is 1.47 bits per heavy atom. The van der Waals surface area contributed by atoms with Crippen LogP contribution in [0.15, 0.2) is 22.7 Å². The van der Waals surface area contributed by atoms with Crippen molar-refractivity contribution in [1.29, 1.82) is 0 Å². The standard InChI is InChI=1S/C13H16BrNO3S/c1-8-3-4-9(14)7-10(8)12(16)15-11(13(17)18)5-6-19-2/h3-4,7,11H,5-6H2,1-2H3,(H,15,16)(H,17,18). The maximum atomic E-state index is 12.1. The maximum absolute atomic E-state index is 12.1. The van der Waals surface area contributed by atoms with Crippen molar-refractivity contribution in [2.24, 2.45) is 0 Å². The van der Waals surface area contributed by atoms with E-state index in [1.165, 1.54) is 0 Å². The van der Waals surface area contributed by atoms with E-state index in [-0.39, 0.29) is 5.91 Å². The predicted octanol–water partition coefficient (Wildman–Crippen LogP) is 2.69. The maximum Gasteiger partial charge on any atom is 0.326 e. The lowest BCUT2D eigenvalue weighted by molar-refractivity contribution is -0.139. The molecule has 6 heteroatoms. The third-order valence-corrected chi connectivity index (χ3v) is 3.80. The molecule has 0 aliphatic rings. The van der Waals surface area contributed by atoms with E-state index >= 15 is 0 Å². The minimum atomic E-state index is -1.00. The SMILES string of the molecule is CSCCC(NC(=O)c1cc(Br)ccc1C)C(=O)O. The van der Waals surface area contributed by atoms with Gasteiger partial charge in [-0.15, -0.1) is 0 Å². The summed E-state index contributed by atoms with van der Waals surface area (Å²) >= 11 is 4.86. The van der Waals surface area contributed by atoms with Gasteiger partial charge >= 0.3 is 5.97 Å². The number of benzene rings is 1. The zero-order valence-electron chi connectivity index (χ0n) is 10.8. The molecule has 0 saturated carbocycles. The van der Waals surface area contributed by atoms with Crippen LogP contribution in [0.2, 0.25) is 0 Å². The van der Waals surface area contributed by atoms with Crippen LogP contribution in [0.3, 0.4) is 0 Å². The molecular weight excluding hydrogens is 330 g/mol. The van der Waals surface area contributed by atoms with Gasteiger partial charge in [-0.05, 0) is 43.0 Å². The molecule has 2 N–H and O–H groups in total. The molecule has 0 aliphatic carbocycles. The van der Waals surface area contributed by atoms with Gasteiger partial charge in [-0.2, -0.15) is 11.8 Å². The second-order valence-corrected chi connectivity index (χ2v) is 6.01. The van der Waals surface area contributed by atoms with Crippen LogP contribution in [0.4, 0.5) is 0 Å². The van der Waals surface area contributed by atoms with Gasteiger partial charge in [0.2, 0.25) is 0 Å². The molecule has 1 amide bonds. The number of aryl methyl sites for hydroxylation is 1. The summed E-state index contributed by atoms with van der Waals surface area (Å²) < 4.78 is 0.791. The summed E-state index contributed by atoms with van der Waals surface area (Å²) in [7, 11) is 0. The predicted molar refractivity (Wildman–Crippen MR) is 80.8 cm³/mol. The van der Waals surface area contributed by atoms with Gasteiger partial charge in [0, 0.05) is 10.0 Å². The molecule has 0 fully saturated rings. The van der Waals surface area contributed by atoms with Crippen molar-refractivity contribution < 1.29 is 14.7 Å². The molecule has 1 aromatic carbocycles. The first-order valence-electron chi connectivity index (χ1n) is 5.74. The van der Waals surface area contributed by atoms with E-state index in [9.17, 15) is 9.59 Å². The fraction of sp³-hybridized carbons (Fsp3) is 0.385. The molecule has 0 bridgehead atoms. The van der Waals surface area contributed by atoms with Crippen molar-refractivity contribution in [2.75, 3.05) is 12.0 Å². The van der Waals surface area contributed by atoms with Crippen LogP contribution >= 0.6 is 27.7 Å². The third-order valence-electron chi connectivity index (χ3n) is 2.66. The molecule has 1 unspecified atom stereocenters. The van der Waals surface area contributed by atoms with Crippen molar-refractivity contribution >= 4 is 39.6 Å². The van der Waals surface area contributed by atoms with Crippen molar-refractivity contribution in [3.8, 4) is 0 Å². The number of halogens is 1. The quantitative estimate of drug-likeness (QED) is 0.831. The average molecular weight is 346 g/mol. The largest absolute Gasteiger partial charge is 0.480 e. The Labute approximate surface area is 125 Å². The highest BCUT2D eigenvalue weighted by atomic mass is 79.9. The highest BCUT2D eigenvalue weighted by molar-refractivity contribution is 9.10. The first kappa shape index (κ1) is 16.0. The molecule has 1 rings (SSSR count). The lowest BCUT2D eigenvalue weighted by Crippen LogP contribution is -2.41. The lowest BCUT2D eigenvalue weighted by atomic mass is 10.1. The van der Waals surface area contributed by atoms with E-state index in [1.807, 2.05) is 25.3 Å². The van der Waals surface area contributed by atoms with Crippen molar-refractivity contribution in [3.63, 3.8) is 0 Å². The van der Waals surface area contributed by atoms with Crippen LogP contribution in [-0.4, -0.2) is 35.0 Å². The molecule has 0 aliphatic heterocycles. The minimum absolute atomic E-state index is 0.354. The number of amides is 1. The number of nitrogens with one attached hydrogen (secondary N) is 1. The lowest BCUT2D eigenvalue weighted by Gasteiger charge is -2.15. The first-order chi connectivity index (χ1) is 8.95.